The van der Waals surface area contributed by atoms with Crippen molar-refractivity contribution in [1.82, 2.24) is 0 Å². The molecule has 0 radical (unpaired) electrons. The zero-order valence-electron chi connectivity index (χ0n) is 29.5. The zero-order valence-corrected chi connectivity index (χ0v) is 29.5. The van der Waals surface area contributed by atoms with Gasteiger partial charge in [-0.05, 0) is 121 Å². The van der Waals surface area contributed by atoms with E-state index in [9.17, 15) is 9.59 Å². The summed E-state index contributed by atoms with van der Waals surface area (Å²) in [6, 6.07) is 7.86. The molecule has 0 heterocycles. The fourth-order valence-electron chi connectivity index (χ4n) is 12.2. The molecule has 1 aromatic carbocycles. The minimum atomic E-state index is -0.446. The van der Waals surface area contributed by atoms with Gasteiger partial charge >= 0.3 is 11.9 Å². The molecular weight excluding hydrogens is 560 g/mol. The van der Waals surface area contributed by atoms with E-state index in [1.165, 1.54) is 12.8 Å². The number of carbonyl (C=O) groups excluding carboxylic acids is 2. The van der Waals surface area contributed by atoms with Crippen LogP contribution in [0.15, 0.2) is 35.9 Å². The number of esters is 2. The van der Waals surface area contributed by atoms with Crippen LogP contribution >= 0.6 is 0 Å². The second-order valence-corrected chi connectivity index (χ2v) is 17.2. The molecule has 5 aliphatic rings. The minimum Gasteiger partial charge on any atom is -0.497 e. The lowest BCUT2D eigenvalue weighted by atomic mass is 9.33. The quantitative estimate of drug-likeness (QED) is 0.243. The normalized spacial score (nSPS) is 43.4. The van der Waals surface area contributed by atoms with E-state index in [4.69, 9.17) is 14.2 Å². The smallest absolute Gasteiger partial charge is 0.313 e. The van der Waals surface area contributed by atoms with Gasteiger partial charge in [-0.25, -0.2) is 0 Å². The molecule has 4 saturated carbocycles. The molecule has 0 bridgehead atoms. The number of rotatable bonds is 5. The lowest BCUT2D eigenvalue weighted by molar-refractivity contribution is -0.214. The Morgan fingerprint density at radius 2 is 1.58 bits per heavy atom. The number of hydrogen-bond acceptors (Lipinski definition) is 5. The average Bonchev–Trinajstić information content (AvgIpc) is 2.99. The van der Waals surface area contributed by atoms with E-state index in [2.05, 4.69) is 54.5 Å². The van der Waals surface area contributed by atoms with Gasteiger partial charge in [0.05, 0.1) is 12.5 Å². The summed E-state index contributed by atoms with van der Waals surface area (Å²) in [5, 5.41) is 0. The summed E-state index contributed by atoms with van der Waals surface area (Å²) in [7, 11) is 1.67. The van der Waals surface area contributed by atoms with Gasteiger partial charge in [-0.3, -0.25) is 9.59 Å². The van der Waals surface area contributed by atoms with Crippen molar-refractivity contribution in [2.75, 3.05) is 7.11 Å². The van der Waals surface area contributed by atoms with E-state index in [0.717, 1.165) is 56.3 Å². The number of allylic oxidation sites excluding steroid dienone is 2. The molecule has 0 saturated heterocycles. The summed E-state index contributed by atoms with van der Waals surface area (Å²) in [5.41, 5.74) is 2.48. The number of benzene rings is 1. The van der Waals surface area contributed by atoms with Crippen molar-refractivity contribution in [3.05, 3.63) is 41.5 Å². The average molecular weight is 619 g/mol. The van der Waals surface area contributed by atoms with Crippen molar-refractivity contribution in [2.45, 2.75) is 126 Å². The third-order valence-electron chi connectivity index (χ3n) is 15.2. The summed E-state index contributed by atoms with van der Waals surface area (Å²) in [5.74, 6) is 3.00. The standard InChI is InChI=1S/C40H58O5/c1-25-16-21-40(35(42)44-24-28-10-12-29(43-9)13-11-28)23-22-38(7)30(34(40)26(25)2)14-15-32-37(6)19-18-33(45-27(3)41)36(4,5)31(37)17-20-39(32,38)8/h10-14,25-26,31-34H,15-24H2,1-9H3. The predicted molar refractivity (Wildman–Crippen MR) is 177 cm³/mol. The van der Waals surface area contributed by atoms with Gasteiger partial charge < -0.3 is 14.2 Å². The Morgan fingerprint density at radius 1 is 0.867 bits per heavy atom. The highest BCUT2D eigenvalue weighted by Gasteiger charge is 2.70. The maximum absolute atomic E-state index is 14.4. The second kappa shape index (κ2) is 11.2. The molecule has 10 atom stereocenters. The Kier molecular flexibility index (Phi) is 8.09. The minimum absolute atomic E-state index is 0.00786. The van der Waals surface area contributed by atoms with Crippen molar-refractivity contribution in [1.29, 1.82) is 0 Å². The summed E-state index contributed by atoms with van der Waals surface area (Å²) in [6.07, 6.45) is 12.1. The first-order valence-electron chi connectivity index (χ1n) is 17.8. The predicted octanol–water partition coefficient (Wildman–Crippen LogP) is 9.33. The van der Waals surface area contributed by atoms with Crippen LogP contribution in [0.3, 0.4) is 0 Å². The molecule has 5 aliphatic carbocycles. The lowest BCUT2D eigenvalue weighted by Gasteiger charge is -2.71. The van der Waals surface area contributed by atoms with Crippen LogP contribution in [0, 0.1) is 56.7 Å². The van der Waals surface area contributed by atoms with Crippen LogP contribution in [0.5, 0.6) is 5.75 Å². The molecule has 1 aromatic rings. The maximum Gasteiger partial charge on any atom is 0.313 e. The molecule has 0 N–H and O–H groups in total. The molecule has 0 amide bonds. The molecule has 10 unspecified atom stereocenters. The zero-order chi connectivity index (χ0) is 32.6. The second-order valence-electron chi connectivity index (χ2n) is 17.2. The molecule has 248 valence electrons. The van der Waals surface area contributed by atoms with E-state index in [1.807, 2.05) is 24.3 Å². The van der Waals surface area contributed by atoms with Crippen LogP contribution in [0.2, 0.25) is 0 Å². The maximum atomic E-state index is 14.4. The van der Waals surface area contributed by atoms with Gasteiger partial charge in [0.1, 0.15) is 18.5 Å². The highest BCUT2D eigenvalue weighted by atomic mass is 16.5. The largest absolute Gasteiger partial charge is 0.497 e. The molecule has 5 nitrogen and oxygen atoms in total. The van der Waals surface area contributed by atoms with Gasteiger partial charge in [-0.15, -0.1) is 0 Å². The fraction of sp³-hybridized carbons (Fsp3) is 0.750. The molecule has 0 aliphatic heterocycles. The number of methoxy groups -OCH3 is 1. The highest BCUT2D eigenvalue weighted by molar-refractivity contribution is 5.79. The van der Waals surface area contributed by atoms with Crippen LogP contribution in [-0.4, -0.2) is 25.2 Å². The number of hydrogen-bond donors (Lipinski definition) is 0. The molecular formula is C40H58O5. The van der Waals surface area contributed by atoms with Gasteiger partial charge in [0.25, 0.3) is 0 Å². The van der Waals surface area contributed by atoms with E-state index < -0.39 is 5.41 Å². The molecule has 6 rings (SSSR count). The van der Waals surface area contributed by atoms with Gasteiger partial charge in [-0.2, -0.15) is 0 Å². The van der Waals surface area contributed by atoms with Crippen LogP contribution in [-0.2, 0) is 25.7 Å². The number of carbonyl (C=O) groups is 2. The fourth-order valence-corrected chi connectivity index (χ4v) is 12.2. The number of ether oxygens (including phenoxy) is 3. The van der Waals surface area contributed by atoms with Crippen LogP contribution in [0.25, 0.3) is 0 Å². The van der Waals surface area contributed by atoms with Crippen molar-refractivity contribution in [2.24, 2.45) is 56.7 Å². The summed E-state index contributed by atoms with van der Waals surface area (Å²) < 4.78 is 17.5. The summed E-state index contributed by atoms with van der Waals surface area (Å²) in [6.45, 7) is 19.1. The van der Waals surface area contributed by atoms with Crippen molar-refractivity contribution in [3.8, 4) is 5.75 Å². The first-order chi connectivity index (χ1) is 21.1. The van der Waals surface area contributed by atoms with Crippen molar-refractivity contribution >= 4 is 11.9 Å². The molecule has 45 heavy (non-hydrogen) atoms. The van der Waals surface area contributed by atoms with E-state index >= 15 is 0 Å². The molecule has 0 spiro atoms. The van der Waals surface area contributed by atoms with E-state index in [0.29, 0.717) is 30.3 Å². The van der Waals surface area contributed by atoms with Crippen LogP contribution in [0.4, 0.5) is 0 Å². The summed E-state index contributed by atoms with van der Waals surface area (Å²) >= 11 is 0. The first-order valence-corrected chi connectivity index (χ1v) is 17.8. The van der Waals surface area contributed by atoms with Gasteiger partial charge in [0.15, 0.2) is 0 Å². The topological polar surface area (TPSA) is 61.8 Å². The third kappa shape index (κ3) is 4.74. The Balaban J connectivity index is 1.32. The molecule has 5 heteroatoms. The van der Waals surface area contributed by atoms with E-state index in [1.54, 1.807) is 19.6 Å². The van der Waals surface area contributed by atoms with Gasteiger partial charge in [0, 0.05) is 12.3 Å². The Morgan fingerprint density at radius 3 is 2.24 bits per heavy atom. The first kappa shape index (κ1) is 32.6. The van der Waals surface area contributed by atoms with E-state index in [-0.39, 0.29) is 45.6 Å². The Labute approximate surface area is 272 Å². The Hall–Kier alpha value is -2.30. The Bertz CT molecular complexity index is 1340. The highest BCUT2D eigenvalue weighted by Crippen LogP contribution is 2.76. The molecule has 4 fully saturated rings. The SMILES string of the molecule is COc1ccc(COC(=O)C23CCC(C)C(C)C2C2=CCC4C5(C)CCC(OC(C)=O)C(C)(C)C5CCC4(C)C2(C)CC3)cc1. The van der Waals surface area contributed by atoms with Gasteiger partial charge in [0.2, 0.25) is 0 Å². The van der Waals surface area contributed by atoms with Crippen LogP contribution < -0.4 is 4.74 Å². The summed E-state index contributed by atoms with van der Waals surface area (Å²) in [4.78, 5) is 26.4. The van der Waals surface area contributed by atoms with Crippen molar-refractivity contribution in [3.63, 3.8) is 0 Å². The number of fused-ring (bicyclic) bond motifs is 7. The van der Waals surface area contributed by atoms with Gasteiger partial charge in [-0.1, -0.05) is 72.2 Å². The van der Waals surface area contributed by atoms with Crippen LogP contribution in [0.1, 0.15) is 119 Å². The van der Waals surface area contributed by atoms with Crippen molar-refractivity contribution < 1.29 is 23.8 Å². The molecule has 0 aromatic heterocycles. The third-order valence-corrected chi connectivity index (χ3v) is 15.2. The lowest BCUT2D eigenvalue weighted by Crippen LogP contribution is -2.65. The monoisotopic (exact) mass is 618 g/mol.